The highest BCUT2D eigenvalue weighted by Crippen LogP contribution is 2.25. The molecule has 1 N–H and O–H groups in total. The molecule has 2 aromatic rings. The molecule has 2 aliphatic rings. The zero-order chi connectivity index (χ0) is 22.0. The molecule has 2 aromatic carbocycles. The number of anilines is 1. The molecule has 2 fully saturated rings. The van der Waals surface area contributed by atoms with E-state index in [0.29, 0.717) is 18.7 Å². The number of hydrogen-bond acceptors (Lipinski definition) is 5. The third-order valence-electron chi connectivity index (χ3n) is 5.87. The monoisotopic (exact) mass is 443 g/mol. The predicted molar refractivity (Wildman–Crippen MR) is 120 cm³/mol. The summed E-state index contributed by atoms with van der Waals surface area (Å²) in [7, 11) is -1.95. The number of methoxy groups -OCH3 is 1. The van der Waals surface area contributed by atoms with E-state index in [4.69, 9.17) is 4.74 Å². The molecule has 1 amide bonds. The number of sulfonamides is 1. The molecule has 1 aliphatic carbocycles. The van der Waals surface area contributed by atoms with Crippen LogP contribution < -0.4 is 14.4 Å². The summed E-state index contributed by atoms with van der Waals surface area (Å²) in [4.78, 5) is 17.5. The highest BCUT2D eigenvalue weighted by atomic mass is 32.2. The molecule has 0 aromatic heterocycles. The number of ether oxygens (including phenoxy) is 1. The number of carbonyl (C=O) groups is 1. The number of aryl methyl sites for hydroxylation is 1. The van der Waals surface area contributed by atoms with Gasteiger partial charge in [-0.15, -0.1) is 0 Å². The van der Waals surface area contributed by atoms with E-state index in [1.165, 1.54) is 6.07 Å². The van der Waals surface area contributed by atoms with Gasteiger partial charge >= 0.3 is 0 Å². The molecule has 1 saturated carbocycles. The smallest absolute Gasteiger partial charge is 0.254 e. The quantitative estimate of drug-likeness (QED) is 0.743. The number of amides is 1. The highest BCUT2D eigenvalue weighted by molar-refractivity contribution is 7.89. The van der Waals surface area contributed by atoms with E-state index in [2.05, 4.69) is 9.62 Å². The topological polar surface area (TPSA) is 79.0 Å². The normalized spacial score (nSPS) is 17.4. The summed E-state index contributed by atoms with van der Waals surface area (Å²) in [6, 6.07) is 12.8. The van der Waals surface area contributed by atoms with Crippen LogP contribution in [0.15, 0.2) is 47.4 Å². The molecule has 0 radical (unpaired) electrons. The molecular weight excluding hydrogens is 414 g/mol. The minimum absolute atomic E-state index is 0.0278. The van der Waals surface area contributed by atoms with Crippen molar-refractivity contribution in [3.8, 4) is 5.75 Å². The van der Waals surface area contributed by atoms with Gasteiger partial charge in [0, 0.05) is 43.5 Å². The zero-order valence-electron chi connectivity index (χ0n) is 18.0. The number of nitrogens with one attached hydrogen (secondary N) is 1. The molecule has 0 bridgehead atoms. The first kappa shape index (κ1) is 21.6. The largest absolute Gasteiger partial charge is 0.497 e. The third kappa shape index (κ3) is 5.02. The first-order valence-corrected chi connectivity index (χ1v) is 12.2. The first-order chi connectivity index (χ1) is 14.9. The van der Waals surface area contributed by atoms with Gasteiger partial charge in [0.25, 0.3) is 5.91 Å². The summed E-state index contributed by atoms with van der Waals surface area (Å²) in [5.74, 6) is 0.703. The van der Waals surface area contributed by atoms with Gasteiger partial charge in [-0.3, -0.25) is 4.79 Å². The highest BCUT2D eigenvalue weighted by Gasteiger charge is 2.29. The van der Waals surface area contributed by atoms with Crippen molar-refractivity contribution in [2.45, 2.75) is 37.1 Å². The molecule has 166 valence electrons. The van der Waals surface area contributed by atoms with Crippen LogP contribution in [0.3, 0.4) is 0 Å². The van der Waals surface area contributed by atoms with Crippen LogP contribution >= 0.6 is 0 Å². The molecular formula is C23H29N3O4S. The number of hydrogen-bond donors (Lipinski definition) is 1. The van der Waals surface area contributed by atoms with Crippen molar-refractivity contribution in [1.82, 2.24) is 9.62 Å². The van der Waals surface area contributed by atoms with Crippen LogP contribution in [0.25, 0.3) is 0 Å². The molecule has 1 saturated heterocycles. The lowest BCUT2D eigenvalue weighted by Gasteiger charge is -2.24. The molecule has 31 heavy (non-hydrogen) atoms. The number of nitrogens with zero attached hydrogens (tertiary/aromatic N) is 2. The van der Waals surface area contributed by atoms with E-state index in [-0.39, 0.29) is 16.8 Å². The van der Waals surface area contributed by atoms with E-state index in [1.807, 2.05) is 36.1 Å². The summed E-state index contributed by atoms with van der Waals surface area (Å²) in [6.07, 6.45) is 2.59. The van der Waals surface area contributed by atoms with Crippen molar-refractivity contribution in [2.24, 2.45) is 0 Å². The summed E-state index contributed by atoms with van der Waals surface area (Å²) in [5, 5.41) is 0. The number of benzene rings is 2. The summed E-state index contributed by atoms with van der Waals surface area (Å²) >= 11 is 0. The molecule has 0 unspecified atom stereocenters. The average Bonchev–Trinajstić information content (AvgIpc) is 3.60. The van der Waals surface area contributed by atoms with Crippen molar-refractivity contribution in [1.29, 1.82) is 0 Å². The van der Waals surface area contributed by atoms with Crippen LogP contribution in [0.1, 0.15) is 35.2 Å². The van der Waals surface area contributed by atoms with Gasteiger partial charge in [-0.05, 0) is 68.1 Å². The second kappa shape index (κ2) is 8.88. The lowest BCUT2D eigenvalue weighted by molar-refractivity contribution is 0.0766. The van der Waals surface area contributed by atoms with Gasteiger partial charge in [0.1, 0.15) is 5.75 Å². The Morgan fingerprint density at radius 1 is 1.03 bits per heavy atom. The van der Waals surface area contributed by atoms with Crippen LogP contribution in [0.4, 0.5) is 5.69 Å². The molecule has 0 atom stereocenters. The Hall–Kier alpha value is -2.58. The maximum Gasteiger partial charge on any atom is 0.254 e. The van der Waals surface area contributed by atoms with Crippen molar-refractivity contribution in [3.05, 3.63) is 53.6 Å². The van der Waals surface area contributed by atoms with Gasteiger partial charge in [0.15, 0.2) is 0 Å². The second-order valence-corrected chi connectivity index (χ2v) is 9.92. The van der Waals surface area contributed by atoms with Crippen molar-refractivity contribution >= 4 is 21.6 Å². The molecule has 1 heterocycles. The Morgan fingerprint density at radius 2 is 1.77 bits per heavy atom. The number of rotatable bonds is 6. The van der Waals surface area contributed by atoms with E-state index < -0.39 is 10.0 Å². The van der Waals surface area contributed by atoms with Gasteiger partial charge in [-0.2, -0.15) is 0 Å². The Morgan fingerprint density at radius 3 is 2.45 bits per heavy atom. The van der Waals surface area contributed by atoms with Crippen LogP contribution in [-0.4, -0.2) is 58.6 Å². The van der Waals surface area contributed by atoms with Crippen LogP contribution in [0.5, 0.6) is 5.75 Å². The van der Waals surface area contributed by atoms with E-state index in [0.717, 1.165) is 49.4 Å². The van der Waals surface area contributed by atoms with Crippen LogP contribution in [0.2, 0.25) is 0 Å². The zero-order valence-corrected chi connectivity index (χ0v) is 18.8. The van der Waals surface area contributed by atoms with Gasteiger partial charge in [-0.1, -0.05) is 6.07 Å². The SMILES string of the molecule is COc1ccc(N2CCCN(C(=O)c3cc(S(=O)(=O)NC4CC4)ccc3C)CC2)cc1. The maximum atomic E-state index is 13.3. The second-order valence-electron chi connectivity index (χ2n) is 8.20. The Labute approximate surface area is 184 Å². The van der Waals surface area contributed by atoms with Crippen molar-refractivity contribution < 1.29 is 17.9 Å². The fourth-order valence-electron chi connectivity index (χ4n) is 3.83. The van der Waals surface area contributed by atoms with Gasteiger partial charge in [-0.25, -0.2) is 13.1 Å². The fraction of sp³-hybridized carbons (Fsp3) is 0.435. The molecule has 7 nitrogen and oxygen atoms in total. The van der Waals surface area contributed by atoms with Gasteiger partial charge < -0.3 is 14.5 Å². The fourth-order valence-corrected chi connectivity index (χ4v) is 5.16. The van der Waals surface area contributed by atoms with Gasteiger partial charge in [0.05, 0.1) is 12.0 Å². The molecule has 8 heteroatoms. The van der Waals surface area contributed by atoms with Crippen LogP contribution in [-0.2, 0) is 10.0 Å². The lowest BCUT2D eigenvalue weighted by atomic mass is 10.1. The Balaban J connectivity index is 1.48. The minimum atomic E-state index is -3.60. The van der Waals surface area contributed by atoms with E-state index in [1.54, 1.807) is 19.2 Å². The Kier molecular flexibility index (Phi) is 6.20. The standard InChI is InChI=1S/C23H29N3O4S/c1-17-4-11-21(31(28,29)24-18-5-6-18)16-22(17)23(27)26-13-3-12-25(14-15-26)19-7-9-20(30-2)10-8-19/h4,7-11,16,18,24H,3,5-6,12-15H2,1-2H3. The maximum absolute atomic E-state index is 13.3. The van der Waals surface area contributed by atoms with Crippen LogP contribution in [0, 0.1) is 6.92 Å². The third-order valence-corrected chi connectivity index (χ3v) is 7.39. The summed E-state index contributed by atoms with van der Waals surface area (Å²) < 4.78 is 33.1. The lowest BCUT2D eigenvalue weighted by Crippen LogP contribution is -2.35. The number of carbonyl (C=O) groups excluding carboxylic acids is 1. The average molecular weight is 444 g/mol. The Bertz CT molecular complexity index is 1050. The van der Waals surface area contributed by atoms with E-state index >= 15 is 0 Å². The molecule has 0 spiro atoms. The summed E-state index contributed by atoms with van der Waals surface area (Å²) in [6.45, 7) is 4.65. The molecule has 1 aliphatic heterocycles. The predicted octanol–water partition coefficient (Wildman–Crippen LogP) is 2.80. The first-order valence-electron chi connectivity index (χ1n) is 10.7. The van der Waals surface area contributed by atoms with E-state index in [9.17, 15) is 13.2 Å². The molecule has 4 rings (SSSR count). The summed E-state index contributed by atoms with van der Waals surface area (Å²) in [5.41, 5.74) is 2.34. The minimum Gasteiger partial charge on any atom is -0.497 e. The van der Waals surface area contributed by atoms with Crippen molar-refractivity contribution in [3.63, 3.8) is 0 Å². The van der Waals surface area contributed by atoms with Crippen molar-refractivity contribution in [2.75, 3.05) is 38.2 Å². The van der Waals surface area contributed by atoms with Gasteiger partial charge in [0.2, 0.25) is 10.0 Å².